The van der Waals surface area contributed by atoms with Crippen molar-refractivity contribution in [2.24, 2.45) is 5.41 Å². The van der Waals surface area contributed by atoms with Crippen molar-refractivity contribution in [3.05, 3.63) is 29.2 Å². The molecule has 0 saturated carbocycles. The number of ketones is 1. The average Bonchev–Trinajstić information content (AvgIpc) is 2.68. The lowest BCUT2D eigenvalue weighted by molar-refractivity contribution is 0.0690. The summed E-state index contributed by atoms with van der Waals surface area (Å²) < 4.78 is 1.36. The lowest BCUT2D eigenvalue weighted by Crippen LogP contribution is -2.28. The zero-order chi connectivity index (χ0) is 13.8. The van der Waals surface area contributed by atoms with E-state index in [9.17, 15) is 9.59 Å². The smallest absolute Gasteiger partial charge is 0.356 e. The van der Waals surface area contributed by atoms with Crippen molar-refractivity contribution in [1.29, 1.82) is 0 Å². The van der Waals surface area contributed by atoms with E-state index >= 15 is 0 Å². The highest BCUT2D eigenvalue weighted by Crippen LogP contribution is 2.33. The van der Waals surface area contributed by atoms with Crippen LogP contribution in [0, 0.1) is 5.41 Å². The van der Waals surface area contributed by atoms with E-state index in [-0.39, 0.29) is 16.9 Å². The predicted molar refractivity (Wildman–Crippen MR) is 66.4 cm³/mol. The molecule has 0 saturated heterocycles. The summed E-state index contributed by atoms with van der Waals surface area (Å²) in [6.45, 7) is 4.05. The van der Waals surface area contributed by atoms with Crippen LogP contribution in [-0.2, 0) is 6.42 Å². The number of carbonyl (C=O) groups is 2. The van der Waals surface area contributed by atoms with Crippen LogP contribution in [0.15, 0.2) is 12.3 Å². The molecule has 2 aromatic rings. The minimum absolute atomic E-state index is 0.0352. The summed E-state index contributed by atoms with van der Waals surface area (Å²) in [5.41, 5.74) is 1.56. The standard InChI is InChI=1S/C13H13N3O3/c1-13(2)4-9-7(10(17)5-13)6-16-11(14-9)3-8(15-16)12(18)19/h3,6H,4-5H2,1-2H3,(H,18,19). The molecule has 0 aromatic carbocycles. The van der Waals surface area contributed by atoms with Gasteiger partial charge in [-0.2, -0.15) is 5.10 Å². The summed E-state index contributed by atoms with van der Waals surface area (Å²) in [6, 6.07) is 1.41. The molecule has 1 aliphatic rings. The van der Waals surface area contributed by atoms with E-state index < -0.39 is 5.97 Å². The van der Waals surface area contributed by atoms with Crippen LogP contribution in [0.5, 0.6) is 0 Å². The molecule has 0 amide bonds. The number of hydrogen-bond acceptors (Lipinski definition) is 4. The zero-order valence-corrected chi connectivity index (χ0v) is 10.7. The first-order valence-corrected chi connectivity index (χ1v) is 6.01. The second-order valence-electron chi connectivity index (χ2n) is 5.68. The van der Waals surface area contributed by atoms with Crippen molar-refractivity contribution in [2.75, 3.05) is 0 Å². The maximum Gasteiger partial charge on any atom is 0.356 e. The molecular formula is C13H13N3O3. The topological polar surface area (TPSA) is 84.6 Å². The highest BCUT2D eigenvalue weighted by Gasteiger charge is 2.32. The molecule has 0 spiro atoms. The maximum absolute atomic E-state index is 12.1. The van der Waals surface area contributed by atoms with Gasteiger partial charge in [-0.1, -0.05) is 13.8 Å². The number of rotatable bonds is 1. The molecule has 0 radical (unpaired) electrons. The average molecular weight is 259 g/mol. The number of aromatic nitrogens is 3. The van der Waals surface area contributed by atoms with E-state index in [0.29, 0.717) is 24.1 Å². The summed E-state index contributed by atoms with van der Waals surface area (Å²) in [7, 11) is 0. The van der Waals surface area contributed by atoms with Gasteiger partial charge in [0.25, 0.3) is 0 Å². The van der Waals surface area contributed by atoms with E-state index in [0.717, 1.165) is 5.69 Å². The normalized spacial score (nSPS) is 17.5. The molecule has 0 aliphatic heterocycles. The lowest BCUT2D eigenvalue weighted by atomic mass is 9.76. The Labute approximate surface area is 109 Å². The van der Waals surface area contributed by atoms with Crippen molar-refractivity contribution in [3.8, 4) is 0 Å². The molecule has 2 heterocycles. The van der Waals surface area contributed by atoms with E-state index in [1.54, 1.807) is 6.20 Å². The van der Waals surface area contributed by atoms with Gasteiger partial charge in [0.2, 0.25) is 0 Å². The van der Waals surface area contributed by atoms with Gasteiger partial charge in [0.1, 0.15) is 0 Å². The minimum Gasteiger partial charge on any atom is -0.476 e. The van der Waals surface area contributed by atoms with Gasteiger partial charge < -0.3 is 5.11 Å². The van der Waals surface area contributed by atoms with Gasteiger partial charge in [-0.15, -0.1) is 0 Å². The first-order chi connectivity index (χ1) is 8.85. The Kier molecular flexibility index (Phi) is 2.26. The first kappa shape index (κ1) is 11.8. The van der Waals surface area contributed by atoms with Crippen LogP contribution in [0.2, 0.25) is 0 Å². The summed E-state index contributed by atoms with van der Waals surface area (Å²) >= 11 is 0. The highest BCUT2D eigenvalue weighted by atomic mass is 16.4. The number of carboxylic acid groups (broad SMARTS) is 1. The molecule has 1 aliphatic carbocycles. The molecule has 0 fully saturated rings. The zero-order valence-electron chi connectivity index (χ0n) is 10.7. The second kappa shape index (κ2) is 3.63. The number of Topliss-reactive ketones (excluding diaryl/α,β-unsaturated/α-hetero) is 1. The quantitative estimate of drug-likeness (QED) is 0.840. The number of nitrogens with zero attached hydrogens (tertiary/aromatic N) is 3. The largest absolute Gasteiger partial charge is 0.476 e. The Hall–Kier alpha value is -2.24. The van der Waals surface area contributed by atoms with Crippen molar-refractivity contribution >= 4 is 17.4 Å². The third-order valence-corrected chi connectivity index (χ3v) is 3.33. The van der Waals surface area contributed by atoms with Crippen LogP contribution >= 0.6 is 0 Å². The van der Waals surface area contributed by atoms with E-state index in [2.05, 4.69) is 10.1 Å². The molecule has 3 rings (SSSR count). The molecule has 6 nitrogen and oxygen atoms in total. The van der Waals surface area contributed by atoms with Crippen LogP contribution in [0.25, 0.3) is 5.65 Å². The van der Waals surface area contributed by atoms with Gasteiger partial charge >= 0.3 is 5.97 Å². The summed E-state index contributed by atoms with van der Waals surface area (Å²) in [6.07, 6.45) is 2.76. The highest BCUT2D eigenvalue weighted by molar-refractivity contribution is 5.98. The van der Waals surface area contributed by atoms with E-state index in [1.807, 2.05) is 13.8 Å². The number of carbonyl (C=O) groups excluding carboxylic acids is 1. The van der Waals surface area contributed by atoms with Crippen LogP contribution < -0.4 is 0 Å². The Morgan fingerprint density at radius 3 is 2.84 bits per heavy atom. The van der Waals surface area contributed by atoms with Crippen LogP contribution in [0.4, 0.5) is 0 Å². The fourth-order valence-corrected chi connectivity index (χ4v) is 2.48. The number of aromatic carboxylic acids is 1. The van der Waals surface area contributed by atoms with Crippen molar-refractivity contribution in [1.82, 2.24) is 14.6 Å². The summed E-state index contributed by atoms with van der Waals surface area (Å²) in [5.74, 6) is -1.07. The first-order valence-electron chi connectivity index (χ1n) is 6.01. The van der Waals surface area contributed by atoms with Crippen molar-refractivity contribution in [3.63, 3.8) is 0 Å². The van der Waals surface area contributed by atoms with Crippen LogP contribution in [-0.4, -0.2) is 31.5 Å². The molecule has 98 valence electrons. The second-order valence-corrected chi connectivity index (χ2v) is 5.68. The lowest BCUT2D eigenvalue weighted by Gasteiger charge is -2.29. The number of carboxylic acids is 1. The van der Waals surface area contributed by atoms with Gasteiger partial charge in [-0.05, 0) is 11.8 Å². The third-order valence-electron chi connectivity index (χ3n) is 3.33. The number of fused-ring (bicyclic) bond motifs is 2. The van der Waals surface area contributed by atoms with Gasteiger partial charge in [0, 0.05) is 18.7 Å². The Morgan fingerprint density at radius 1 is 1.42 bits per heavy atom. The maximum atomic E-state index is 12.1. The van der Waals surface area contributed by atoms with Crippen molar-refractivity contribution in [2.45, 2.75) is 26.7 Å². The fraction of sp³-hybridized carbons (Fsp3) is 0.385. The number of hydrogen-bond donors (Lipinski definition) is 1. The van der Waals surface area contributed by atoms with Gasteiger partial charge in [0.05, 0.1) is 11.3 Å². The molecule has 0 unspecified atom stereocenters. The molecule has 19 heavy (non-hydrogen) atoms. The van der Waals surface area contributed by atoms with Crippen molar-refractivity contribution < 1.29 is 14.7 Å². The molecule has 6 heteroatoms. The van der Waals surface area contributed by atoms with Crippen LogP contribution in [0.3, 0.4) is 0 Å². The summed E-state index contributed by atoms with van der Waals surface area (Å²) in [5, 5.41) is 12.8. The van der Waals surface area contributed by atoms with Gasteiger partial charge in [0.15, 0.2) is 17.1 Å². The Bertz CT molecular complexity index is 715. The summed E-state index contributed by atoms with van der Waals surface area (Å²) in [4.78, 5) is 27.4. The van der Waals surface area contributed by atoms with E-state index in [1.165, 1.54) is 10.6 Å². The fourth-order valence-electron chi connectivity index (χ4n) is 2.48. The SMILES string of the molecule is CC1(C)CC(=O)c2cn3nc(C(=O)O)cc3nc2C1. The predicted octanol–water partition coefficient (Wildman–Crippen LogP) is 1.58. The molecule has 0 bridgehead atoms. The van der Waals surface area contributed by atoms with Gasteiger partial charge in [-0.3, -0.25) is 4.79 Å². The molecule has 0 atom stereocenters. The van der Waals surface area contributed by atoms with E-state index in [4.69, 9.17) is 5.11 Å². The third kappa shape index (κ3) is 1.89. The molecule has 1 N–H and O–H groups in total. The Morgan fingerprint density at radius 2 is 2.16 bits per heavy atom. The Balaban J connectivity index is 2.20. The van der Waals surface area contributed by atoms with Crippen LogP contribution in [0.1, 0.15) is 46.8 Å². The minimum atomic E-state index is -1.10. The monoisotopic (exact) mass is 259 g/mol. The van der Waals surface area contributed by atoms with Gasteiger partial charge in [-0.25, -0.2) is 14.3 Å². The molecule has 2 aromatic heterocycles. The molecular weight excluding hydrogens is 246 g/mol.